The molecule has 1 amide bonds. The molecule has 0 aromatic carbocycles. The number of amides is 1. The number of likely N-dealkylation sites (tertiary alicyclic amines) is 1. The molecule has 2 rings (SSSR count). The minimum atomic E-state index is -0.0218. The highest BCUT2D eigenvalue weighted by Gasteiger charge is 2.29. The fraction of sp³-hybridized carbons (Fsp3) is 0.636. The first-order valence-electron chi connectivity index (χ1n) is 5.52. The number of carbonyl (C=O) groups is 1. The molecule has 1 aromatic heterocycles. The third-order valence-corrected chi connectivity index (χ3v) is 3.19. The summed E-state index contributed by atoms with van der Waals surface area (Å²) in [5.41, 5.74) is 0. The lowest BCUT2D eigenvalue weighted by atomic mass is 9.96. The van der Waals surface area contributed by atoms with Crippen molar-refractivity contribution in [3.05, 3.63) is 18.7 Å². The molecule has 88 valence electrons. The number of hydrogen-bond donors (Lipinski definition) is 0. The van der Waals surface area contributed by atoms with Gasteiger partial charge in [-0.2, -0.15) is 0 Å². The van der Waals surface area contributed by atoms with Crippen molar-refractivity contribution in [2.75, 3.05) is 20.2 Å². The zero-order valence-electron chi connectivity index (χ0n) is 9.67. The van der Waals surface area contributed by atoms with Gasteiger partial charge in [-0.05, 0) is 12.3 Å². The Morgan fingerprint density at radius 1 is 1.56 bits per heavy atom. The van der Waals surface area contributed by atoms with Crippen molar-refractivity contribution in [3.63, 3.8) is 0 Å². The number of carbonyl (C=O) groups excluding carboxylic acids is 1. The van der Waals surface area contributed by atoms with Crippen LogP contribution in [0.3, 0.4) is 0 Å². The lowest BCUT2D eigenvalue weighted by Gasteiger charge is -2.35. The highest BCUT2D eigenvalue weighted by molar-refractivity contribution is 5.76. The fourth-order valence-electron chi connectivity index (χ4n) is 2.05. The molecule has 0 bridgehead atoms. The van der Waals surface area contributed by atoms with E-state index >= 15 is 0 Å². The van der Waals surface area contributed by atoms with Gasteiger partial charge in [-0.25, -0.2) is 9.78 Å². The number of aromatic nitrogens is 2. The first-order chi connectivity index (χ1) is 7.72. The predicted octanol–water partition coefficient (Wildman–Crippen LogP) is 1.21. The van der Waals surface area contributed by atoms with Crippen LogP contribution in [0.2, 0.25) is 0 Å². The molecule has 2 atom stereocenters. The summed E-state index contributed by atoms with van der Waals surface area (Å²) in [7, 11) is 1.70. The number of nitrogens with zero attached hydrogens (tertiary/aromatic N) is 3. The zero-order chi connectivity index (χ0) is 11.5. The lowest BCUT2D eigenvalue weighted by molar-refractivity contribution is 0.00734. The van der Waals surface area contributed by atoms with E-state index in [4.69, 9.17) is 4.74 Å². The van der Waals surface area contributed by atoms with Crippen LogP contribution in [0, 0.1) is 5.92 Å². The monoisotopic (exact) mass is 223 g/mol. The van der Waals surface area contributed by atoms with Gasteiger partial charge in [0.15, 0.2) is 0 Å². The smallest absolute Gasteiger partial charge is 0.329 e. The largest absolute Gasteiger partial charge is 0.379 e. The van der Waals surface area contributed by atoms with Gasteiger partial charge in [0, 0.05) is 32.6 Å². The maximum atomic E-state index is 12.0. The SMILES string of the molecule is COC1CN(C(=O)n2ccnc2)CCC1C. The number of ether oxygens (including phenoxy) is 1. The van der Waals surface area contributed by atoms with Gasteiger partial charge in [-0.3, -0.25) is 4.57 Å². The summed E-state index contributed by atoms with van der Waals surface area (Å²) in [5, 5.41) is 0. The second-order valence-corrected chi connectivity index (χ2v) is 4.24. The number of methoxy groups -OCH3 is 1. The fourth-order valence-corrected chi connectivity index (χ4v) is 2.05. The molecule has 1 aliphatic rings. The molecule has 5 nitrogen and oxygen atoms in total. The van der Waals surface area contributed by atoms with Crippen molar-refractivity contribution in [3.8, 4) is 0 Å². The Balaban J connectivity index is 2.03. The van der Waals surface area contributed by atoms with Crippen LogP contribution < -0.4 is 0 Å². The molecule has 2 unspecified atom stereocenters. The minimum Gasteiger partial charge on any atom is -0.379 e. The lowest BCUT2D eigenvalue weighted by Crippen LogP contribution is -2.47. The van der Waals surface area contributed by atoms with Gasteiger partial charge in [0.25, 0.3) is 0 Å². The van der Waals surface area contributed by atoms with Gasteiger partial charge >= 0.3 is 6.03 Å². The predicted molar refractivity (Wildman–Crippen MR) is 59.2 cm³/mol. The van der Waals surface area contributed by atoms with E-state index in [1.807, 2.05) is 4.90 Å². The summed E-state index contributed by atoms with van der Waals surface area (Å²) in [5.74, 6) is 0.511. The molecule has 2 heterocycles. The molecule has 0 N–H and O–H groups in total. The van der Waals surface area contributed by atoms with Crippen LogP contribution in [-0.4, -0.2) is 46.8 Å². The van der Waals surface area contributed by atoms with Crippen molar-refractivity contribution in [2.24, 2.45) is 5.92 Å². The van der Waals surface area contributed by atoms with Crippen LogP contribution in [0.4, 0.5) is 4.79 Å². The van der Waals surface area contributed by atoms with E-state index in [9.17, 15) is 4.79 Å². The second kappa shape index (κ2) is 4.65. The number of rotatable bonds is 1. The highest BCUT2D eigenvalue weighted by atomic mass is 16.5. The van der Waals surface area contributed by atoms with Crippen LogP contribution in [0.15, 0.2) is 18.7 Å². The second-order valence-electron chi connectivity index (χ2n) is 4.24. The molecule has 0 spiro atoms. The average Bonchev–Trinajstić information content (AvgIpc) is 2.82. The van der Waals surface area contributed by atoms with E-state index in [0.29, 0.717) is 12.5 Å². The normalized spacial score (nSPS) is 25.8. The van der Waals surface area contributed by atoms with E-state index in [1.54, 1.807) is 19.5 Å². The van der Waals surface area contributed by atoms with E-state index in [1.165, 1.54) is 10.9 Å². The summed E-state index contributed by atoms with van der Waals surface area (Å²) in [6.45, 7) is 3.61. The van der Waals surface area contributed by atoms with Crippen molar-refractivity contribution in [1.29, 1.82) is 0 Å². The molecule has 0 saturated carbocycles. The van der Waals surface area contributed by atoms with E-state index < -0.39 is 0 Å². The van der Waals surface area contributed by atoms with Gasteiger partial charge in [0.05, 0.1) is 6.10 Å². The van der Waals surface area contributed by atoms with Gasteiger partial charge in [-0.1, -0.05) is 6.92 Å². The van der Waals surface area contributed by atoms with Crippen LogP contribution in [0.5, 0.6) is 0 Å². The zero-order valence-corrected chi connectivity index (χ0v) is 9.67. The van der Waals surface area contributed by atoms with Crippen molar-refractivity contribution >= 4 is 6.03 Å². The van der Waals surface area contributed by atoms with Crippen molar-refractivity contribution < 1.29 is 9.53 Å². The average molecular weight is 223 g/mol. The quantitative estimate of drug-likeness (QED) is 0.719. The third kappa shape index (κ3) is 2.09. The minimum absolute atomic E-state index is 0.0218. The number of imidazole rings is 1. The Morgan fingerprint density at radius 2 is 2.38 bits per heavy atom. The van der Waals surface area contributed by atoms with Crippen LogP contribution in [0.1, 0.15) is 13.3 Å². The van der Waals surface area contributed by atoms with Gasteiger partial charge in [0.1, 0.15) is 6.33 Å². The standard InChI is InChI=1S/C11H17N3O2/c1-9-3-5-13(7-10(9)16-2)11(15)14-6-4-12-8-14/h4,6,8-10H,3,5,7H2,1-2H3. The summed E-state index contributed by atoms with van der Waals surface area (Å²) >= 11 is 0. The summed E-state index contributed by atoms with van der Waals surface area (Å²) < 4.78 is 6.89. The molecule has 1 aromatic rings. The Kier molecular flexibility index (Phi) is 3.24. The Morgan fingerprint density at radius 3 is 3.00 bits per heavy atom. The molecular weight excluding hydrogens is 206 g/mol. The Bertz CT molecular complexity index is 350. The van der Waals surface area contributed by atoms with Gasteiger partial charge < -0.3 is 9.64 Å². The molecule has 0 aliphatic carbocycles. The van der Waals surface area contributed by atoms with E-state index in [0.717, 1.165) is 13.0 Å². The number of piperidine rings is 1. The van der Waals surface area contributed by atoms with Crippen molar-refractivity contribution in [1.82, 2.24) is 14.5 Å². The van der Waals surface area contributed by atoms with E-state index in [2.05, 4.69) is 11.9 Å². The molecule has 5 heteroatoms. The molecule has 1 aliphatic heterocycles. The number of hydrogen-bond acceptors (Lipinski definition) is 3. The topological polar surface area (TPSA) is 47.4 Å². The van der Waals surface area contributed by atoms with Crippen LogP contribution in [0.25, 0.3) is 0 Å². The third-order valence-electron chi connectivity index (χ3n) is 3.19. The highest BCUT2D eigenvalue weighted by Crippen LogP contribution is 2.19. The summed E-state index contributed by atoms with van der Waals surface area (Å²) in [6.07, 6.45) is 5.93. The van der Waals surface area contributed by atoms with Crippen LogP contribution in [-0.2, 0) is 4.74 Å². The molecule has 16 heavy (non-hydrogen) atoms. The molecular formula is C11H17N3O2. The van der Waals surface area contributed by atoms with Gasteiger partial charge in [0.2, 0.25) is 0 Å². The molecule has 0 radical (unpaired) electrons. The maximum absolute atomic E-state index is 12.0. The van der Waals surface area contributed by atoms with Gasteiger partial charge in [-0.15, -0.1) is 0 Å². The summed E-state index contributed by atoms with van der Waals surface area (Å²) in [4.78, 5) is 17.7. The Hall–Kier alpha value is -1.36. The first-order valence-corrected chi connectivity index (χ1v) is 5.52. The van der Waals surface area contributed by atoms with Crippen molar-refractivity contribution in [2.45, 2.75) is 19.4 Å². The maximum Gasteiger partial charge on any atom is 0.329 e. The first kappa shape index (κ1) is 11.1. The Labute approximate surface area is 95.0 Å². The summed E-state index contributed by atoms with van der Waals surface area (Å²) in [6, 6.07) is -0.0218. The van der Waals surface area contributed by atoms with E-state index in [-0.39, 0.29) is 12.1 Å². The molecule has 1 fully saturated rings. The van der Waals surface area contributed by atoms with Crippen LogP contribution >= 0.6 is 0 Å². The molecule has 1 saturated heterocycles.